The largest absolute Gasteiger partial charge is 0.393 e. The van der Waals surface area contributed by atoms with Crippen LogP contribution in [0.5, 0.6) is 0 Å². The maximum absolute atomic E-state index is 6.17. The van der Waals surface area contributed by atoms with Crippen LogP contribution in [0, 0.1) is 0 Å². The molecule has 3 rings (SSSR count). The first-order valence-corrected chi connectivity index (χ1v) is 7.97. The topological polar surface area (TPSA) is 75.9 Å². The molecule has 0 unspecified atom stereocenters. The van der Waals surface area contributed by atoms with E-state index in [1.807, 2.05) is 54.6 Å². The fraction of sp³-hybridized carbons (Fsp3) is 0.111. The number of aromatic nitrogens is 2. The molecule has 1 heterocycles. The highest BCUT2D eigenvalue weighted by Crippen LogP contribution is 2.24. The van der Waals surface area contributed by atoms with Crippen LogP contribution < -0.4 is 16.4 Å². The van der Waals surface area contributed by atoms with Crippen LogP contribution in [0.4, 0.5) is 17.3 Å². The van der Waals surface area contributed by atoms with E-state index in [0.717, 1.165) is 11.1 Å². The van der Waals surface area contributed by atoms with Gasteiger partial charge in [0.2, 0.25) is 0 Å². The molecule has 0 aliphatic carbocycles. The van der Waals surface area contributed by atoms with E-state index in [4.69, 9.17) is 17.3 Å². The average Bonchev–Trinajstić information content (AvgIpc) is 2.62. The van der Waals surface area contributed by atoms with E-state index in [1.54, 1.807) is 0 Å². The Kier molecular flexibility index (Phi) is 5.13. The predicted octanol–water partition coefficient (Wildman–Crippen LogP) is 3.94. The lowest BCUT2D eigenvalue weighted by atomic mass is 10.2. The molecule has 0 aliphatic rings. The second-order valence-corrected chi connectivity index (χ2v) is 5.68. The molecule has 24 heavy (non-hydrogen) atoms. The van der Waals surface area contributed by atoms with Gasteiger partial charge in [0.25, 0.3) is 0 Å². The molecule has 0 radical (unpaired) electrons. The Morgan fingerprint density at radius 1 is 0.833 bits per heavy atom. The first kappa shape index (κ1) is 16.1. The van der Waals surface area contributed by atoms with E-state index in [1.165, 1.54) is 6.33 Å². The number of nitrogens with two attached hydrogens (primary N) is 1. The van der Waals surface area contributed by atoms with Gasteiger partial charge in [-0.1, -0.05) is 60.1 Å². The number of nitrogens with zero attached hydrogens (tertiary/aromatic N) is 2. The van der Waals surface area contributed by atoms with E-state index in [9.17, 15) is 0 Å². The van der Waals surface area contributed by atoms with E-state index in [0.29, 0.717) is 35.4 Å². The monoisotopic (exact) mass is 339 g/mol. The zero-order valence-corrected chi connectivity index (χ0v) is 13.8. The van der Waals surface area contributed by atoms with Crippen molar-refractivity contribution in [2.75, 3.05) is 16.4 Å². The van der Waals surface area contributed by atoms with Crippen molar-refractivity contribution in [1.29, 1.82) is 0 Å². The zero-order chi connectivity index (χ0) is 16.8. The summed E-state index contributed by atoms with van der Waals surface area (Å²) in [6.07, 6.45) is 1.48. The number of benzene rings is 2. The third-order valence-corrected chi connectivity index (χ3v) is 3.96. The second kappa shape index (κ2) is 7.66. The molecule has 0 saturated carbocycles. The Morgan fingerprint density at radius 2 is 1.46 bits per heavy atom. The maximum atomic E-state index is 6.17. The summed E-state index contributed by atoms with van der Waals surface area (Å²) in [6.45, 7) is 1.19. The van der Waals surface area contributed by atoms with Gasteiger partial charge in [-0.3, -0.25) is 0 Å². The van der Waals surface area contributed by atoms with Crippen molar-refractivity contribution in [3.05, 3.63) is 77.1 Å². The smallest absolute Gasteiger partial charge is 0.155 e. The number of nitrogens with one attached hydrogen (secondary N) is 2. The lowest BCUT2D eigenvalue weighted by molar-refractivity contribution is 1.06. The molecule has 0 atom stereocenters. The molecule has 0 amide bonds. The number of halogens is 1. The molecule has 2 aromatic carbocycles. The fourth-order valence-electron chi connectivity index (χ4n) is 2.28. The molecule has 1 aromatic heterocycles. The summed E-state index contributed by atoms with van der Waals surface area (Å²) in [6, 6.07) is 17.7. The van der Waals surface area contributed by atoms with Gasteiger partial charge in [-0.25, -0.2) is 9.97 Å². The molecule has 5 nitrogen and oxygen atoms in total. The van der Waals surface area contributed by atoms with Gasteiger partial charge in [-0.2, -0.15) is 0 Å². The molecule has 0 saturated heterocycles. The van der Waals surface area contributed by atoms with Gasteiger partial charge in [0, 0.05) is 18.1 Å². The molecule has 122 valence electrons. The summed E-state index contributed by atoms with van der Waals surface area (Å²) in [4.78, 5) is 8.42. The first-order valence-electron chi connectivity index (χ1n) is 7.59. The van der Waals surface area contributed by atoms with Crippen molar-refractivity contribution >= 4 is 28.9 Å². The van der Waals surface area contributed by atoms with Crippen molar-refractivity contribution in [3.63, 3.8) is 0 Å². The van der Waals surface area contributed by atoms with E-state index in [-0.39, 0.29) is 0 Å². The molecule has 4 N–H and O–H groups in total. The van der Waals surface area contributed by atoms with Crippen LogP contribution in [0.2, 0.25) is 5.02 Å². The van der Waals surface area contributed by atoms with Gasteiger partial charge in [-0.15, -0.1) is 0 Å². The minimum absolute atomic E-state index is 0.487. The van der Waals surface area contributed by atoms with E-state index < -0.39 is 0 Å². The van der Waals surface area contributed by atoms with Crippen LogP contribution in [-0.2, 0) is 13.1 Å². The van der Waals surface area contributed by atoms with E-state index in [2.05, 4.69) is 20.6 Å². The highest BCUT2D eigenvalue weighted by atomic mass is 35.5. The van der Waals surface area contributed by atoms with Crippen LogP contribution in [0.3, 0.4) is 0 Å². The van der Waals surface area contributed by atoms with Crippen LogP contribution in [0.15, 0.2) is 60.9 Å². The summed E-state index contributed by atoms with van der Waals surface area (Å²) >= 11 is 6.16. The molecule has 0 spiro atoms. The molecule has 3 aromatic rings. The minimum atomic E-state index is 0.487. The first-order chi connectivity index (χ1) is 11.7. The van der Waals surface area contributed by atoms with Gasteiger partial charge in [0.1, 0.15) is 12.0 Å². The number of rotatable bonds is 6. The number of hydrogen-bond acceptors (Lipinski definition) is 5. The molecule has 6 heteroatoms. The summed E-state index contributed by atoms with van der Waals surface area (Å²) in [5.74, 6) is 1.19. The van der Waals surface area contributed by atoms with Crippen molar-refractivity contribution in [1.82, 2.24) is 9.97 Å². The highest BCUT2D eigenvalue weighted by Gasteiger charge is 2.08. The Hall–Kier alpha value is -2.79. The van der Waals surface area contributed by atoms with Crippen molar-refractivity contribution in [3.8, 4) is 0 Å². The number of hydrogen-bond donors (Lipinski definition) is 3. The predicted molar refractivity (Wildman–Crippen MR) is 99.0 cm³/mol. The van der Waals surface area contributed by atoms with Gasteiger partial charge < -0.3 is 16.4 Å². The van der Waals surface area contributed by atoms with Crippen LogP contribution in [0.1, 0.15) is 11.1 Å². The Balaban J connectivity index is 1.68. The van der Waals surface area contributed by atoms with Gasteiger partial charge >= 0.3 is 0 Å². The Morgan fingerprint density at radius 3 is 2.17 bits per heavy atom. The third-order valence-electron chi connectivity index (χ3n) is 3.59. The van der Waals surface area contributed by atoms with Crippen LogP contribution >= 0.6 is 11.6 Å². The van der Waals surface area contributed by atoms with Gasteiger partial charge in [0.05, 0.1) is 0 Å². The standard InChI is InChI=1S/C18H18ClN5/c19-15-9-5-4-8-14(15)11-22-18-16(20)17(23-12-24-18)21-10-13-6-2-1-3-7-13/h1-9,12H,10-11,20H2,(H2,21,22,23,24). The number of anilines is 3. The summed E-state index contributed by atoms with van der Waals surface area (Å²) in [7, 11) is 0. The second-order valence-electron chi connectivity index (χ2n) is 5.27. The molecular weight excluding hydrogens is 322 g/mol. The summed E-state index contributed by atoms with van der Waals surface area (Å²) < 4.78 is 0. The summed E-state index contributed by atoms with van der Waals surface area (Å²) in [5, 5.41) is 7.15. The minimum Gasteiger partial charge on any atom is -0.393 e. The zero-order valence-electron chi connectivity index (χ0n) is 13.0. The lowest BCUT2D eigenvalue weighted by Gasteiger charge is -2.13. The molecule has 0 bridgehead atoms. The maximum Gasteiger partial charge on any atom is 0.155 e. The SMILES string of the molecule is Nc1c(NCc2ccccc2)ncnc1NCc1ccccc1Cl. The summed E-state index contributed by atoms with van der Waals surface area (Å²) in [5.41, 5.74) is 8.79. The normalized spacial score (nSPS) is 10.4. The number of nitrogen functional groups attached to an aromatic ring is 1. The third kappa shape index (κ3) is 3.94. The molecule has 0 fully saturated rings. The van der Waals surface area contributed by atoms with Gasteiger partial charge in [-0.05, 0) is 17.2 Å². The molecular formula is C18H18ClN5. The highest BCUT2D eigenvalue weighted by molar-refractivity contribution is 6.31. The Labute approximate surface area is 145 Å². The van der Waals surface area contributed by atoms with Crippen molar-refractivity contribution in [2.24, 2.45) is 0 Å². The van der Waals surface area contributed by atoms with Crippen molar-refractivity contribution in [2.45, 2.75) is 13.1 Å². The van der Waals surface area contributed by atoms with Gasteiger partial charge in [0.15, 0.2) is 11.6 Å². The van der Waals surface area contributed by atoms with Crippen LogP contribution in [-0.4, -0.2) is 9.97 Å². The van der Waals surface area contributed by atoms with E-state index >= 15 is 0 Å². The van der Waals surface area contributed by atoms with Crippen molar-refractivity contribution < 1.29 is 0 Å². The Bertz CT molecular complexity index is 808. The lowest BCUT2D eigenvalue weighted by Crippen LogP contribution is -2.10. The average molecular weight is 340 g/mol. The quantitative estimate of drug-likeness (QED) is 0.634. The fourth-order valence-corrected chi connectivity index (χ4v) is 2.48. The van der Waals surface area contributed by atoms with Crippen LogP contribution in [0.25, 0.3) is 0 Å². The molecule has 0 aliphatic heterocycles.